The smallest absolute Gasteiger partial charge is 0.306 e. The zero-order valence-electron chi connectivity index (χ0n) is 44.5. The quantitative estimate of drug-likeness (QED) is 0.0259. The lowest BCUT2D eigenvalue weighted by Crippen LogP contribution is -2.55. The molecule has 0 rings (SSSR count). The van der Waals surface area contributed by atoms with Gasteiger partial charge in [0.15, 0.2) is 6.10 Å². The summed E-state index contributed by atoms with van der Waals surface area (Å²) in [5, 5.41) is 11.7. The molecule has 0 spiro atoms. The Labute approximate surface area is 418 Å². The Kier molecular flexibility index (Phi) is 47.4. The summed E-state index contributed by atoms with van der Waals surface area (Å²) in [4.78, 5) is 37.1. The van der Waals surface area contributed by atoms with E-state index in [1.54, 1.807) is 21.1 Å². The van der Waals surface area contributed by atoms with Crippen LogP contribution in [0.5, 0.6) is 0 Å². The Morgan fingerprint density at radius 3 is 1.24 bits per heavy atom. The molecule has 0 aliphatic rings. The Morgan fingerprint density at radius 1 is 0.456 bits per heavy atom. The van der Waals surface area contributed by atoms with Gasteiger partial charge >= 0.3 is 11.9 Å². The van der Waals surface area contributed by atoms with E-state index in [1.807, 2.05) is 0 Å². The number of allylic oxidation sites excluding steroid dienone is 14. The topological polar surface area (TPSA) is 102 Å². The van der Waals surface area contributed by atoms with Crippen molar-refractivity contribution in [2.24, 2.45) is 0 Å². The van der Waals surface area contributed by atoms with E-state index in [0.29, 0.717) is 12.8 Å². The number of carbonyl (C=O) groups excluding carboxylic acids is 3. The van der Waals surface area contributed by atoms with E-state index in [9.17, 15) is 19.5 Å². The minimum absolute atomic E-state index is 0.0268. The first-order valence-electron chi connectivity index (χ1n) is 27.6. The Bertz CT molecular complexity index is 1380. The van der Waals surface area contributed by atoms with Crippen molar-refractivity contribution in [1.29, 1.82) is 0 Å². The zero-order chi connectivity index (χ0) is 49.9. The van der Waals surface area contributed by atoms with Crippen molar-refractivity contribution in [3.63, 3.8) is 0 Å². The van der Waals surface area contributed by atoms with Crippen LogP contribution in [0, 0.1) is 0 Å². The van der Waals surface area contributed by atoms with Crippen molar-refractivity contribution in [2.45, 2.75) is 238 Å². The summed E-state index contributed by atoms with van der Waals surface area (Å²) in [6.07, 6.45) is 66.2. The number of rotatable bonds is 49. The maximum atomic E-state index is 12.8. The van der Waals surface area contributed by atoms with Gasteiger partial charge in [-0.05, 0) is 89.9 Å². The van der Waals surface area contributed by atoms with Crippen molar-refractivity contribution in [3.8, 4) is 0 Å². The van der Waals surface area contributed by atoms with Crippen molar-refractivity contribution < 1.29 is 38.2 Å². The van der Waals surface area contributed by atoms with Crippen LogP contribution in [0.25, 0.3) is 0 Å². The fourth-order valence-electron chi connectivity index (χ4n) is 7.78. The highest BCUT2D eigenvalue weighted by molar-refractivity contribution is 5.70. The predicted molar refractivity (Wildman–Crippen MR) is 286 cm³/mol. The summed E-state index contributed by atoms with van der Waals surface area (Å²) in [6.45, 7) is 4.53. The zero-order valence-corrected chi connectivity index (χ0v) is 44.5. The summed E-state index contributed by atoms with van der Waals surface area (Å²) in [5.74, 6) is -1.77. The van der Waals surface area contributed by atoms with Gasteiger partial charge in [-0.15, -0.1) is 0 Å². The molecule has 0 amide bonds. The number of quaternary nitrogens is 1. The molecular formula is C60H103NO7. The molecule has 68 heavy (non-hydrogen) atoms. The third kappa shape index (κ3) is 47.6. The lowest BCUT2D eigenvalue weighted by atomic mass is 10.1. The largest absolute Gasteiger partial charge is 0.544 e. The molecule has 2 unspecified atom stereocenters. The molecule has 0 aromatic heterocycles. The minimum atomic E-state index is -1.13. The molecule has 0 aliphatic heterocycles. The van der Waals surface area contributed by atoms with Crippen LogP contribution in [0.15, 0.2) is 85.1 Å². The van der Waals surface area contributed by atoms with Crippen molar-refractivity contribution in [3.05, 3.63) is 85.1 Å². The first-order valence-corrected chi connectivity index (χ1v) is 27.6. The number of aliphatic carboxylic acids is 1. The fraction of sp³-hybridized carbons (Fsp3) is 0.717. The van der Waals surface area contributed by atoms with Crippen LogP contribution in [-0.4, -0.2) is 75.5 Å². The fourth-order valence-corrected chi connectivity index (χ4v) is 7.78. The van der Waals surface area contributed by atoms with Gasteiger partial charge in [0.1, 0.15) is 12.6 Å². The van der Waals surface area contributed by atoms with Crippen LogP contribution in [0.4, 0.5) is 0 Å². The molecule has 0 saturated carbocycles. The van der Waals surface area contributed by atoms with Gasteiger partial charge in [-0.1, -0.05) is 202 Å². The normalized spacial score (nSPS) is 13.5. The van der Waals surface area contributed by atoms with Gasteiger partial charge in [-0.3, -0.25) is 9.59 Å². The van der Waals surface area contributed by atoms with Crippen molar-refractivity contribution in [1.82, 2.24) is 0 Å². The number of hydrogen-bond donors (Lipinski definition) is 0. The van der Waals surface area contributed by atoms with E-state index in [2.05, 4.69) is 98.9 Å². The van der Waals surface area contributed by atoms with Crippen LogP contribution in [0.1, 0.15) is 226 Å². The third-order valence-electron chi connectivity index (χ3n) is 12.0. The number of nitrogens with zero attached hydrogens (tertiary/aromatic N) is 1. The summed E-state index contributed by atoms with van der Waals surface area (Å²) < 4.78 is 17.2. The molecule has 0 heterocycles. The number of hydrogen-bond acceptors (Lipinski definition) is 7. The van der Waals surface area contributed by atoms with E-state index >= 15 is 0 Å². The summed E-state index contributed by atoms with van der Waals surface area (Å²) in [7, 11) is 5.41. The standard InChI is InChI=1S/C60H103NO7/c1-6-8-10-12-14-16-18-20-22-24-26-28-29-31-32-34-36-38-40-42-44-46-48-50-58(62)67-55-56(54-66-53-52-57(60(64)65)61(3,4)5)68-59(63)51-49-47-45-43-41-39-37-35-33-30-27-25-23-21-19-17-15-13-11-9-7-2/h8,10,14,16,20,22,26,28,30-33,36,38,56-57H,6-7,9,11-13,15,17-19,21,23-25,27,29,34-35,37,39-55H2,1-5H3/b10-8+,16-14+,22-20+,28-26+,32-31+,33-30+,38-36+. The van der Waals surface area contributed by atoms with E-state index in [0.717, 1.165) is 89.9 Å². The lowest BCUT2D eigenvalue weighted by molar-refractivity contribution is -0.889. The van der Waals surface area contributed by atoms with Gasteiger partial charge in [0.05, 0.1) is 40.3 Å². The van der Waals surface area contributed by atoms with Gasteiger partial charge in [-0.25, -0.2) is 0 Å². The molecule has 0 aliphatic carbocycles. The Morgan fingerprint density at radius 2 is 0.824 bits per heavy atom. The molecule has 0 fully saturated rings. The highest BCUT2D eigenvalue weighted by Gasteiger charge is 2.25. The summed E-state index contributed by atoms with van der Waals surface area (Å²) in [5.41, 5.74) is 0. The number of carbonyl (C=O) groups is 3. The molecular weight excluding hydrogens is 847 g/mol. The number of likely N-dealkylation sites (N-methyl/N-ethyl adjacent to an activating group) is 1. The maximum Gasteiger partial charge on any atom is 0.306 e. The Hall–Kier alpha value is -3.49. The van der Waals surface area contributed by atoms with Crippen molar-refractivity contribution >= 4 is 17.9 Å². The van der Waals surface area contributed by atoms with Gasteiger partial charge in [-0.2, -0.15) is 0 Å². The highest BCUT2D eigenvalue weighted by atomic mass is 16.6. The first-order chi connectivity index (χ1) is 33.1. The number of ether oxygens (including phenoxy) is 3. The van der Waals surface area contributed by atoms with Crippen LogP contribution in [0.3, 0.4) is 0 Å². The van der Waals surface area contributed by atoms with E-state index in [1.165, 1.54) is 103 Å². The molecule has 8 heteroatoms. The molecule has 0 saturated heterocycles. The lowest BCUT2D eigenvalue weighted by Gasteiger charge is -2.34. The van der Waals surface area contributed by atoms with E-state index < -0.39 is 18.1 Å². The third-order valence-corrected chi connectivity index (χ3v) is 12.0. The van der Waals surface area contributed by atoms with Gasteiger partial charge in [0.25, 0.3) is 0 Å². The van der Waals surface area contributed by atoms with Crippen LogP contribution in [-0.2, 0) is 28.6 Å². The molecule has 0 N–H and O–H groups in total. The monoisotopic (exact) mass is 950 g/mol. The first kappa shape index (κ1) is 64.5. The molecule has 390 valence electrons. The minimum Gasteiger partial charge on any atom is -0.544 e. The Balaban J connectivity index is 4.28. The average molecular weight is 950 g/mol. The SMILES string of the molecule is CC/C=C/C/C=C/C/C=C/C/C=C/C/C=C/C/C=C/CCCCCCC(=O)OCC(COCCC(C(=O)[O-])[N+](C)(C)C)OC(=O)CCCCCCCCC/C=C/CCCCCCCCCCCC. The van der Waals surface area contributed by atoms with E-state index in [4.69, 9.17) is 14.2 Å². The van der Waals surface area contributed by atoms with Crippen LogP contribution < -0.4 is 5.11 Å². The number of unbranched alkanes of at least 4 members (excludes halogenated alkanes) is 21. The van der Waals surface area contributed by atoms with Gasteiger partial charge in [0, 0.05) is 19.3 Å². The van der Waals surface area contributed by atoms with Crippen LogP contribution >= 0.6 is 0 Å². The summed E-state index contributed by atoms with van der Waals surface area (Å²) >= 11 is 0. The second-order valence-electron chi connectivity index (χ2n) is 19.4. The molecule has 0 radical (unpaired) electrons. The highest BCUT2D eigenvalue weighted by Crippen LogP contribution is 2.15. The molecule has 2 atom stereocenters. The number of esters is 2. The van der Waals surface area contributed by atoms with Crippen LogP contribution in [0.2, 0.25) is 0 Å². The second-order valence-corrected chi connectivity index (χ2v) is 19.4. The number of carboxylic acids is 1. The maximum absolute atomic E-state index is 12.8. The predicted octanol–water partition coefficient (Wildman–Crippen LogP) is 15.1. The van der Waals surface area contributed by atoms with E-state index in [-0.39, 0.29) is 42.7 Å². The molecule has 8 nitrogen and oxygen atoms in total. The summed E-state index contributed by atoms with van der Waals surface area (Å²) in [6, 6.07) is -0.736. The van der Waals surface area contributed by atoms with Gasteiger partial charge < -0.3 is 28.6 Å². The average Bonchev–Trinajstić information content (AvgIpc) is 3.30. The molecule has 0 bridgehead atoms. The molecule has 0 aromatic rings. The van der Waals surface area contributed by atoms with Crippen molar-refractivity contribution in [2.75, 3.05) is 41.0 Å². The van der Waals surface area contributed by atoms with Gasteiger partial charge in [0.2, 0.25) is 0 Å². The molecule has 0 aromatic carbocycles. The second kappa shape index (κ2) is 49.9. The number of carboxylic acid groups (broad SMARTS) is 1.